The van der Waals surface area contributed by atoms with Gasteiger partial charge < -0.3 is 10.1 Å². The minimum Gasteiger partial charge on any atom is -0.368 e. The fourth-order valence-corrected chi connectivity index (χ4v) is 4.67. The van der Waals surface area contributed by atoms with Crippen LogP contribution in [-0.4, -0.2) is 42.7 Å². The minimum atomic E-state index is 0.0891. The molecule has 1 N–H and O–H groups in total. The van der Waals surface area contributed by atoms with Gasteiger partial charge in [0.2, 0.25) is 0 Å². The number of hydrogen-bond donors (Lipinski definition) is 1. The second-order valence-electron chi connectivity index (χ2n) is 7.22. The fourth-order valence-electron chi connectivity index (χ4n) is 3.34. The molecular formula is C16H27N3OS. The topological polar surface area (TPSA) is 37.4 Å². The Morgan fingerprint density at radius 2 is 2.24 bits per heavy atom. The van der Waals surface area contributed by atoms with E-state index in [0.29, 0.717) is 6.04 Å². The second-order valence-corrected chi connectivity index (χ2v) is 8.33. The minimum absolute atomic E-state index is 0.0891. The summed E-state index contributed by atoms with van der Waals surface area (Å²) in [5, 5.41) is 4.43. The lowest BCUT2D eigenvalue weighted by Crippen LogP contribution is -2.42. The Bertz CT molecular complexity index is 494. The summed E-state index contributed by atoms with van der Waals surface area (Å²) in [5.74, 6) is 0. The normalized spacial score (nSPS) is 27.0. The van der Waals surface area contributed by atoms with Gasteiger partial charge in [0.15, 0.2) is 0 Å². The van der Waals surface area contributed by atoms with Crippen molar-refractivity contribution < 1.29 is 4.74 Å². The lowest BCUT2D eigenvalue weighted by atomic mass is 9.91. The standard InChI is InChI=1S/C16H27N3OS/c1-16(2,3)14-13(8-17-4)21-15(18-14)12-9-19-7-5-6-11(19)10-20-12/h11-12,17H,5-10H2,1-4H3. The maximum Gasteiger partial charge on any atom is 0.123 e. The number of nitrogens with zero attached hydrogens (tertiary/aromatic N) is 2. The molecule has 3 heterocycles. The third-order valence-electron chi connectivity index (χ3n) is 4.43. The summed E-state index contributed by atoms with van der Waals surface area (Å²) in [6.07, 6.45) is 2.77. The number of hydrogen-bond acceptors (Lipinski definition) is 5. The maximum atomic E-state index is 6.12. The van der Waals surface area contributed by atoms with Gasteiger partial charge in [0.05, 0.1) is 12.3 Å². The van der Waals surface area contributed by atoms with Gasteiger partial charge in [-0.05, 0) is 26.4 Å². The van der Waals surface area contributed by atoms with Crippen LogP contribution in [0, 0.1) is 0 Å². The molecule has 4 nitrogen and oxygen atoms in total. The molecule has 0 spiro atoms. The molecule has 21 heavy (non-hydrogen) atoms. The van der Waals surface area contributed by atoms with Crippen molar-refractivity contribution >= 4 is 11.3 Å². The number of rotatable bonds is 3. The molecule has 2 fully saturated rings. The zero-order valence-electron chi connectivity index (χ0n) is 13.6. The van der Waals surface area contributed by atoms with Crippen LogP contribution in [0.15, 0.2) is 0 Å². The molecule has 1 aromatic rings. The van der Waals surface area contributed by atoms with E-state index >= 15 is 0 Å². The van der Waals surface area contributed by atoms with Crippen LogP contribution < -0.4 is 5.32 Å². The van der Waals surface area contributed by atoms with E-state index in [9.17, 15) is 0 Å². The summed E-state index contributed by atoms with van der Waals surface area (Å²) in [6, 6.07) is 0.653. The van der Waals surface area contributed by atoms with E-state index in [4.69, 9.17) is 9.72 Å². The summed E-state index contributed by atoms with van der Waals surface area (Å²) >= 11 is 1.83. The molecule has 0 aromatic carbocycles. The van der Waals surface area contributed by atoms with Crippen molar-refractivity contribution in [2.24, 2.45) is 0 Å². The number of fused-ring (bicyclic) bond motifs is 1. The van der Waals surface area contributed by atoms with Crippen molar-refractivity contribution in [1.82, 2.24) is 15.2 Å². The maximum absolute atomic E-state index is 6.12. The molecule has 0 saturated carbocycles. The van der Waals surface area contributed by atoms with Crippen molar-refractivity contribution in [1.29, 1.82) is 0 Å². The highest BCUT2D eigenvalue weighted by Gasteiger charge is 2.35. The molecule has 0 aliphatic carbocycles. The first kappa shape index (κ1) is 15.4. The number of ether oxygens (including phenoxy) is 1. The Labute approximate surface area is 131 Å². The molecule has 2 aliphatic rings. The van der Waals surface area contributed by atoms with Crippen LogP contribution in [0.1, 0.15) is 55.3 Å². The second kappa shape index (κ2) is 5.95. The van der Waals surface area contributed by atoms with E-state index in [2.05, 4.69) is 31.0 Å². The van der Waals surface area contributed by atoms with Gasteiger partial charge >= 0.3 is 0 Å². The van der Waals surface area contributed by atoms with Gasteiger partial charge in [-0.3, -0.25) is 4.90 Å². The molecule has 2 atom stereocenters. The van der Waals surface area contributed by atoms with Gasteiger partial charge in [-0.15, -0.1) is 11.3 Å². The van der Waals surface area contributed by atoms with Crippen molar-refractivity contribution in [2.75, 3.05) is 26.7 Å². The number of morpholine rings is 1. The molecule has 118 valence electrons. The highest BCUT2D eigenvalue weighted by atomic mass is 32.1. The zero-order chi connectivity index (χ0) is 15.0. The van der Waals surface area contributed by atoms with Gasteiger partial charge in [-0.2, -0.15) is 0 Å². The van der Waals surface area contributed by atoms with Gasteiger partial charge in [0.25, 0.3) is 0 Å². The largest absolute Gasteiger partial charge is 0.368 e. The Kier molecular flexibility index (Phi) is 4.37. The van der Waals surface area contributed by atoms with E-state index in [1.54, 1.807) is 0 Å². The monoisotopic (exact) mass is 309 g/mol. The number of aromatic nitrogens is 1. The molecule has 2 saturated heterocycles. The molecule has 0 bridgehead atoms. The van der Waals surface area contributed by atoms with Crippen molar-refractivity contribution in [2.45, 2.75) is 57.7 Å². The highest BCUT2D eigenvalue weighted by molar-refractivity contribution is 7.11. The van der Waals surface area contributed by atoms with E-state index in [0.717, 1.165) is 24.7 Å². The SMILES string of the molecule is CNCc1sc(C2CN3CCCC3CO2)nc1C(C)(C)C. The quantitative estimate of drug-likeness (QED) is 0.931. The summed E-state index contributed by atoms with van der Waals surface area (Å²) in [7, 11) is 2.00. The zero-order valence-corrected chi connectivity index (χ0v) is 14.4. The third kappa shape index (κ3) is 3.16. The fraction of sp³-hybridized carbons (Fsp3) is 0.812. The molecule has 2 unspecified atom stereocenters. The van der Waals surface area contributed by atoms with Crippen molar-refractivity contribution in [3.05, 3.63) is 15.6 Å². The summed E-state index contributed by atoms with van der Waals surface area (Å²) < 4.78 is 6.12. The van der Waals surface area contributed by atoms with E-state index in [-0.39, 0.29) is 11.5 Å². The first-order valence-electron chi connectivity index (χ1n) is 7.99. The summed E-state index contributed by atoms with van der Waals surface area (Å²) in [5.41, 5.74) is 1.31. The highest BCUT2D eigenvalue weighted by Crippen LogP contribution is 2.36. The average Bonchev–Trinajstić information content (AvgIpc) is 3.03. The van der Waals surface area contributed by atoms with Gasteiger partial charge in [0.1, 0.15) is 11.1 Å². The molecule has 5 heteroatoms. The first-order valence-corrected chi connectivity index (χ1v) is 8.81. The number of nitrogens with one attached hydrogen (secondary N) is 1. The molecule has 3 rings (SSSR count). The van der Waals surface area contributed by atoms with Crippen LogP contribution in [-0.2, 0) is 16.7 Å². The molecule has 0 amide bonds. The van der Waals surface area contributed by atoms with E-state index in [1.165, 1.54) is 30.0 Å². The number of thiazole rings is 1. The Balaban J connectivity index is 1.82. The lowest BCUT2D eigenvalue weighted by Gasteiger charge is -2.34. The third-order valence-corrected chi connectivity index (χ3v) is 5.57. The van der Waals surface area contributed by atoms with Crippen LogP contribution >= 0.6 is 11.3 Å². The van der Waals surface area contributed by atoms with Crippen LogP contribution in [0.25, 0.3) is 0 Å². The predicted octanol–water partition coefficient (Wildman–Crippen LogP) is 2.70. The summed E-state index contributed by atoms with van der Waals surface area (Å²) in [6.45, 7) is 10.7. The van der Waals surface area contributed by atoms with Crippen LogP contribution in [0.2, 0.25) is 0 Å². The Morgan fingerprint density at radius 1 is 1.43 bits per heavy atom. The van der Waals surface area contributed by atoms with Gasteiger partial charge in [0, 0.05) is 29.4 Å². The van der Waals surface area contributed by atoms with Crippen LogP contribution in [0.3, 0.4) is 0 Å². The molecular weight excluding hydrogens is 282 g/mol. The van der Waals surface area contributed by atoms with Crippen LogP contribution in [0.5, 0.6) is 0 Å². The Hall–Kier alpha value is -0.490. The smallest absolute Gasteiger partial charge is 0.123 e. The van der Waals surface area contributed by atoms with Crippen molar-refractivity contribution in [3.63, 3.8) is 0 Å². The van der Waals surface area contributed by atoms with E-state index < -0.39 is 0 Å². The molecule has 1 aromatic heterocycles. The van der Waals surface area contributed by atoms with Crippen LogP contribution in [0.4, 0.5) is 0 Å². The van der Waals surface area contributed by atoms with Crippen molar-refractivity contribution in [3.8, 4) is 0 Å². The molecule has 2 aliphatic heterocycles. The van der Waals surface area contributed by atoms with Gasteiger partial charge in [-0.1, -0.05) is 20.8 Å². The predicted molar refractivity (Wildman–Crippen MR) is 86.9 cm³/mol. The Morgan fingerprint density at radius 3 is 2.95 bits per heavy atom. The lowest BCUT2D eigenvalue weighted by molar-refractivity contribution is -0.0503. The van der Waals surface area contributed by atoms with E-state index in [1.807, 2.05) is 18.4 Å². The summed E-state index contributed by atoms with van der Waals surface area (Å²) in [4.78, 5) is 8.91. The molecule has 0 radical (unpaired) electrons. The van der Waals surface area contributed by atoms with Gasteiger partial charge in [-0.25, -0.2) is 4.98 Å². The average molecular weight is 309 g/mol. The first-order chi connectivity index (χ1) is 9.99.